The molecule has 1 aromatic carbocycles. The van der Waals surface area contributed by atoms with Crippen molar-refractivity contribution in [3.8, 4) is 11.8 Å². The molecular formula is C13H10F3N3. The lowest BCUT2D eigenvalue weighted by atomic mass is 10.1. The minimum atomic E-state index is -4.55. The average molecular weight is 265 g/mol. The van der Waals surface area contributed by atoms with Crippen molar-refractivity contribution in [3.63, 3.8) is 0 Å². The molecule has 0 radical (unpaired) electrons. The third-order valence-electron chi connectivity index (χ3n) is 2.73. The highest BCUT2D eigenvalue weighted by molar-refractivity contribution is 5.42. The Bertz CT molecular complexity index is 635. The van der Waals surface area contributed by atoms with Gasteiger partial charge in [-0.05, 0) is 18.6 Å². The minimum absolute atomic E-state index is 0.113. The second-order valence-corrected chi connectivity index (χ2v) is 4.05. The fourth-order valence-corrected chi connectivity index (χ4v) is 1.88. The summed E-state index contributed by atoms with van der Waals surface area (Å²) < 4.78 is 40.2. The van der Waals surface area contributed by atoms with Gasteiger partial charge in [0.25, 0.3) is 0 Å². The first-order valence-corrected chi connectivity index (χ1v) is 5.52. The monoisotopic (exact) mass is 265 g/mol. The number of rotatable bonds is 2. The molecule has 2 rings (SSSR count). The molecule has 1 heterocycles. The fourth-order valence-electron chi connectivity index (χ4n) is 1.88. The van der Waals surface area contributed by atoms with Crippen molar-refractivity contribution in [1.82, 2.24) is 9.78 Å². The predicted molar refractivity (Wildman–Crippen MR) is 62.6 cm³/mol. The van der Waals surface area contributed by atoms with Crippen LogP contribution in [-0.2, 0) is 12.6 Å². The van der Waals surface area contributed by atoms with Crippen molar-refractivity contribution < 1.29 is 13.2 Å². The first-order valence-electron chi connectivity index (χ1n) is 5.52. The molecule has 0 aliphatic heterocycles. The maximum atomic E-state index is 13.1. The van der Waals surface area contributed by atoms with Gasteiger partial charge in [0, 0.05) is 5.56 Å². The van der Waals surface area contributed by atoms with E-state index in [-0.39, 0.29) is 12.0 Å². The van der Waals surface area contributed by atoms with E-state index in [0.29, 0.717) is 11.3 Å². The zero-order valence-electron chi connectivity index (χ0n) is 10.1. The normalized spacial score (nSPS) is 11.3. The van der Waals surface area contributed by atoms with E-state index in [0.717, 1.165) is 10.9 Å². The summed E-state index contributed by atoms with van der Waals surface area (Å²) in [6, 6.07) is 8.38. The van der Waals surface area contributed by atoms with Gasteiger partial charge in [0.05, 0.1) is 24.4 Å². The first kappa shape index (κ1) is 13.1. The minimum Gasteiger partial charge on any atom is -0.228 e. The van der Waals surface area contributed by atoms with E-state index in [1.165, 1.54) is 0 Å². The second-order valence-electron chi connectivity index (χ2n) is 4.05. The highest BCUT2D eigenvalue weighted by Gasteiger charge is 2.38. The Morgan fingerprint density at radius 3 is 2.58 bits per heavy atom. The largest absolute Gasteiger partial charge is 0.433 e. The van der Waals surface area contributed by atoms with Gasteiger partial charge < -0.3 is 0 Å². The highest BCUT2D eigenvalue weighted by Crippen LogP contribution is 2.34. The molecule has 0 aliphatic rings. The predicted octanol–water partition coefficient (Wildman–Crippen LogP) is 3.27. The Morgan fingerprint density at radius 2 is 2.00 bits per heavy atom. The van der Waals surface area contributed by atoms with Crippen molar-refractivity contribution >= 4 is 0 Å². The standard InChI is InChI=1S/C13H10F3N3/c1-9-4-2-3-5-11(9)19-12(13(14,15)16)10(6-7-17)8-18-19/h2-5,8H,6H2,1H3. The maximum Gasteiger partial charge on any atom is 0.433 e. The van der Waals surface area contributed by atoms with Crippen LogP contribution in [0.15, 0.2) is 30.5 Å². The smallest absolute Gasteiger partial charge is 0.228 e. The van der Waals surface area contributed by atoms with Crippen LogP contribution in [0.2, 0.25) is 0 Å². The number of nitriles is 1. The third-order valence-corrected chi connectivity index (χ3v) is 2.73. The van der Waals surface area contributed by atoms with Crippen LogP contribution in [0.4, 0.5) is 13.2 Å². The molecule has 98 valence electrons. The third kappa shape index (κ3) is 2.45. The molecule has 1 aromatic heterocycles. The van der Waals surface area contributed by atoms with Gasteiger partial charge in [-0.15, -0.1) is 0 Å². The Balaban J connectivity index is 2.66. The molecule has 0 atom stereocenters. The fraction of sp³-hybridized carbons (Fsp3) is 0.231. The van der Waals surface area contributed by atoms with E-state index in [9.17, 15) is 13.2 Å². The SMILES string of the molecule is Cc1ccccc1-n1ncc(CC#N)c1C(F)(F)F. The molecule has 2 aromatic rings. The van der Waals surface area contributed by atoms with Crippen molar-refractivity contribution in [3.05, 3.63) is 47.3 Å². The van der Waals surface area contributed by atoms with Crippen molar-refractivity contribution in [1.29, 1.82) is 5.26 Å². The lowest BCUT2D eigenvalue weighted by Gasteiger charge is -2.13. The molecule has 3 nitrogen and oxygen atoms in total. The van der Waals surface area contributed by atoms with E-state index in [4.69, 9.17) is 5.26 Å². The maximum absolute atomic E-state index is 13.1. The molecule has 0 saturated carbocycles. The highest BCUT2D eigenvalue weighted by atomic mass is 19.4. The molecule has 0 aliphatic carbocycles. The number of para-hydroxylation sites is 1. The average Bonchev–Trinajstić information content (AvgIpc) is 2.73. The zero-order valence-corrected chi connectivity index (χ0v) is 10.1. The van der Waals surface area contributed by atoms with Crippen molar-refractivity contribution in [2.45, 2.75) is 19.5 Å². The van der Waals surface area contributed by atoms with Gasteiger partial charge in [-0.1, -0.05) is 18.2 Å². The molecule has 0 unspecified atom stereocenters. The van der Waals surface area contributed by atoms with E-state index >= 15 is 0 Å². The molecule has 0 fully saturated rings. The molecule has 0 N–H and O–H groups in total. The number of hydrogen-bond acceptors (Lipinski definition) is 2. The summed E-state index contributed by atoms with van der Waals surface area (Å²) in [5.74, 6) is 0. The summed E-state index contributed by atoms with van der Waals surface area (Å²) in [6.07, 6.45) is -3.77. The van der Waals surface area contributed by atoms with Gasteiger partial charge in [0.1, 0.15) is 0 Å². The molecule has 0 bridgehead atoms. The summed E-state index contributed by atoms with van der Waals surface area (Å²) in [4.78, 5) is 0. The molecule has 6 heteroatoms. The number of aromatic nitrogens is 2. The van der Waals surface area contributed by atoms with Gasteiger partial charge in [-0.25, -0.2) is 4.68 Å². The van der Waals surface area contributed by atoms with Crippen LogP contribution in [0.5, 0.6) is 0 Å². The number of benzene rings is 1. The summed E-state index contributed by atoms with van der Waals surface area (Å²) in [5, 5.41) is 12.4. The van der Waals surface area contributed by atoms with Crippen LogP contribution in [-0.4, -0.2) is 9.78 Å². The topological polar surface area (TPSA) is 41.6 Å². The summed E-state index contributed by atoms with van der Waals surface area (Å²) >= 11 is 0. The molecular weight excluding hydrogens is 255 g/mol. The number of aryl methyl sites for hydroxylation is 1. The Hall–Kier alpha value is -2.29. The van der Waals surface area contributed by atoms with Gasteiger partial charge in [-0.2, -0.15) is 23.5 Å². The van der Waals surface area contributed by atoms with Crippen LogP contribution in [0.3, 0.4) is 0 Å². The van der Waals surface area contributed by atoms with Crippen LogP contribution in [0.1, 0.15) is 16.8 Å². The van der Waals surface area contributed by atoms with Crippen LogP contribution < -0.4 is 0 Å². The van der Waals surface area contributed by atoms with Gasteiger partial charge in [-0.3, -0.25) is 0 Å². The van der Waals surface area contributed by atoms with E-state index in [1.54, 1.807) is 37.3 Å². The number of alkyl halides is 3. The number of nitrogens with zero attached hydrogens (tertiary/aromatic N) is 3. The number of halogens is 3. The van der Waals surface area contributed by atoms with Crippen molar-refractivity contribution in [2.75, 3.05) is 0 Å². The van der Waals surface area contributed by atoms with Gasteiger partial charge in [0.15, 0.2) is 5.69 Å². The Kier molecular flexibility index (Phi) is 3.30. The van der Waals surface area contributed by atoms with Crippen molar-refractivity contribution in [2.24, 2.45) is 0 Å². The van der Waals surface area contributed by atoms with E-state index < -0.39 is 11.9 Å². The lowest BCUT2D eigenvalue weighted by Crippen LogP contribution is -2.16. The summed E-state index contributed by atoms with van der Waals surface area (Å²) in [6.45, 7) is 1.71. The van der Waals surface area contributed by atoms with E-state index in [2.05, 4.69) is 5.10 Å². The molecule has 0 saturated heterocycles. The summed E-state index contributed by atoms with van der Waals surface area (Å²) in [7, 11) is 0. The van der Waals surface area contributed by atoms with Crippen LogP contribution in [0, 0.1) is 18.3 Å². The summed E-state index contributed by atoms with van der Waals surface area (Å²) in [5.41, 5.74) is 0.0419. The van der Waals surface area contributed by atoms with Gasteiger partial charge in [0.2, 0.25) is 0 Å². The first-order chi connectivity index (χ1) is 8.95. The van der Waals surface area contributed by atoms with Gasteiger partial charge >= 0.3 is 6.18 Å². The molecule has 19 heavy (non-hydrogen) atoms. The quantitative estimate of drug-likeness (QED) is 0.836. The second kappa shape index (κ2) is 4.76. The Labute approximate surface area is 107 Å². The van der Waals surface area contributed by atoms with Crippen LogP contribution >= 0.6 is 0 Å². The molecule has 0 amide bonds. The zero-order chi connectivity index (χ0) is 14.0. The number of hydrogen-bond donors (Lipinski definition) is 0. The lowest BCUT2D eigenvalue weighted by molar-refractivity contribution is -0.143. The molecule has 0 spiro atoms. The van der Waals surface area contributed by atoms with E-state index in [1.807, 2.05) is 0 Å². The van der Waals surface area contributed by atoms with Crippen LogP contribution in [0.25, 0.3) is 5.69 Å². The Morgan fingerprint density at radius 1 is 1.32 bits per heavy atom.